The molecule has 0 radical (unpaired) electrons. The lowest BCUT2D eigenvalue weighted by Crippen LogP contribution is -2.41. The summed E-state index contributed by atoms with van der Waals surface area (Å²) in [4.78, 5) is 18.7. The Labute approximate surface area is 134 Å². The molecule has 2 aromatic heterocycles. The van der Waals surface area contributed by atoms with Crippen molar-refractivity contribution in [3.05, 3.63) is 17.8 Å². The van der Waals surface area contributed by atoms with Crippen molar-refractivity contribution in [1.29, 1.82) is 0 Å². The third-order valence-electron chi connectivity index (χ3n) is 4.82. The molecule has 0 unspecified atom stereocenters. The number of rotatable bonds is 3. The van der Waals surface area contributed by atoms with Gasteiger partial charge in [-0.05, 0) is 37.8 Å². The van der Waals surface area contributed by atoms with Crippen LogP contribution in [0.1, 0.15) is 49.0 Å². The van der Waals surface area contributed by atoms with Gasteiger partial charge in [0, 0.05) is 13.1 Å². The average molecular weight is 315 g/mol. The lowest BCUT2D eigenvalue weighted by Gasteiger charge is -2.33. The Morgan fingerprint density at radius 1 is 1.09 bits per heavy atom. The van der Waals surface area contributed by atoms with Crippen molar-refractivity contribution in [1.82, 2.24) is 25.3 Å². The van der Waals surface area contributed by atoms with Crippen molar-refractivity contribution in [3.8, 4) is 0 Å². The van der Waals surface area contributed by atoms with Gasteiger partial charge in [0.2, 0.25) is 5.65 Å². The number of hydrogen-bond donors (Lipinski definition) is 1. The second-order valence-electron chi connectivity index (χ2n) is 6.40. The summed E-state index contributed by atoms with van der Waals surface area (Å²) in [6.07, 6.45) is 7.53. The number of amides is 1. The summed E-state index contributed by atoms with van der Waals surface area (Å²) >= 11 is 0. The number of carbonyl (C=O) groups is 1. The van der Waals surface area contributed by atoms with Gasteiger partial charge in [-0.1, -0.05) is 12.8 Å². The molecule has 3 heterocycles. The number of fused-ring (bicyclic) bond motifs is 1. The van der Waals surface area contributed by atoms with Gasteiger partial charge < -0.3 is 9.64 Å². The van der Waals surface area contributed by atoms with Crippen LogP contribution in [0.5, 0.6) is 0 Å². The lowest BCUT2D eigenvalue weighted by molar-refractivity contribution is -0.0358. The lowest BCUT2D eigenvalue weighted by atomic mass is 10.1. The largest absolute Gasteiger partial charge is 0.375 e. The second kappa shape index (κ2) is 6.23. The number of carbonyl (C=O) groups excluding carboxylic acids is 1. The first-order valence-corrected chi connectivity index (χ1v) is 8.42. The van der Waals surface area contributed by atoms with E-state index in [0.29, 0.717) is 29.1 Å². The van der Waals surface area contributed by atoms with Crippen molar-refractivity contribution >= 4 is 17.1 Å². The smallest absolute Gasteiger partial charge is 0.272 e. The number of nitrogens with zero attached hydrogens (tertiary/aromatic N) is 4. The summed E-state index contributed by atoms with van der Waals surface area (Å²) in [5.41, 5.74) is 1.59. The quantitative estimate of drug-likeness (QED) is 0.935. The molecule has 2 fully saturated rings. The number of hydrogen-bond acceptors (Lipinski definition) is 5. The number of ether oxygens (including phenoxy) is 1. The van der Waals surface area contributed by atoms with E-state index in [1.807, 2.05) is 4.90 Å². The Bertz CT molecular complexity index is 687. The van der Waals surface area contributed by atoms with Crippen LogP contribution in [0.15, 0.2) is 12.1 Å². The van der Waals surface area contributed by atoms with Gasteiger partial charge in [-0.15, -0.1) is 5.10 Å². The van der Waals surface area contributed by atoms with E-state index in [9.17, 15) is 4.79 Å². The molecule has 1 N–H and O–H groups in total. The Kier molecular flexibility index (Phi) is 3.95. The van der Waals surface area contributed by atoms with Gasteiger partial charge in [-0.2, -0.15) is 10.3 Å². The molecule has 7 nitrogen and oxygen atoms in total. The van der Waals surface area contributed by atoms with Crippen LogP contribution < -0.4 is 0 Å². The third-order valence-corrected chi connectivity index (χ3v) is 4.82. The van der Waals surface area contributed by atoms with E-state index in [2.05, 4.69) is 20.4 Å². The number of pyridine rings is 1. The van der Waals surface area contributed by atoms with Crippen molar-refractivity contribution < 1.29 is 9.53 Å². The van der Waals surface area contributed by atoms with Gasteiger partial charge in [0.1, 0.15) is 11.2 Å². The predicted octanol–water partition coefficient (Wildman–Crippen LogP) is 1.92. The third kappa shape index (κ3) is 3.06. The van der Waals surface area contributed by atoms with Crippen LogP contribution >= 0.6 is 0 Å². The number of H-pyrrole nitrogens is 1. The highest BCUT2D eigenvalue weighted by Gasteiger charge is 2.27. The van der Waals surface area contributed by atoms with Crippen LogP contribution in [0.3, 0.4) is 0 Å². The van der Waals surface area contributed by atoms with Gasteiger partial charge in [-0.3, -0.25) is 4.79 Å². The summed E-state index contributed by atoms with van der Waals surface area (Å²) in [5, 5.41) is 10.4. The van der Waals surface area contributed by atoms with E-state index in [1.54, 1.807) is 12.1 Å². The molecule has 2 aromatic rings. The highest BCUT2D eigenvalue weighted by atomic mass is 16.5. The van der Waals surface area contributed by atoms with Gasteiger partial charge in [0.15, 0.2) is 0 Å². The molecule has 1 saturated carbocycles. The number of nitrogens with one attached hydrogen (secondary N) is 1. The molecule has 0 aromatic carbocycles. The van der Waals surface area contributed by atoms with Gasteiger partial charge >= 0.3 is 0 Å². The molecule has 1 aliphatic carbocycles. The average Bonchev–Trinajstić information content (AvgIpc) is 3.25. The van der Waals surface area contributed by atoms with Gasteiger partial charge in [0.25, 0.3) is 5.91 Å². The maximum absolute atomic E-state index is 12.6. The molecule has 1 saturated heterocycles. The fourth-order valence-corrected chi connectivity index (χ4v) is 3.51. The normalized spacial score (nSPS) is 20.4. The van der Waals surface area contributed by atoms with Crippen LogP contribution in [0.25, 0.3) is 11.2 Å². The fourth-order valence-electron chi connectivity index (χ4n) is 3.51. The summed E-state index contributed by atoms with van der Waals surface area (Å²) in [6.45, 7) is 1.46. The molecule has 1 aliphatic heterocycles. The van der Waals surface area contributed by atoms with Crippen LogP contribution in [0.2, 0.25) is 0 Å². The summed E-state index contributed by atoms with van der Waals surface area (Å²) in [7, 11) is 0. The summed E-state index contributed by atoms with van der Waals surface area (Å²) in [6, 6.07) is 3.49. The van der Waals surface area contributed by atoms with Crippen LogP contribution in [-0.2, 0) is 4.74 Å². The van der Waals surface area contributed by atoms with Crippen LogP contribution in [0.4, 0.5) is 0 Å². The molecule has 1 amide bonds. The minimum absolute atomic E-state index is 0.0331. The minimum Gasteiger partial charge on any atom is -0.375 e. The highest BCUT2D eigenvalue weighted by Crippen LogP contribution is 2.25. The van der Waals surface area contributed by atoms with Gasteiger partial charge in [0.05, 0.1) is 12.2 Å². The van der Waals surface area contributed by atoms with E-state index in [0.717, 1.165) is 25.9 Å². The maximum atomic E-state index is 12.6. The minimum atomic E-state index is -0.0331. The van der Waals surface area contributed by atoms with E-state index >= 15 is 0 Å². The maximum Gasteiger partial charge on any atom is 0.272 e. The van der Waals surface area contributed by atoms with E-state index in [4.69, 9.17) is 4.74 Å². The van der Waals surface area contributed by atoms with Gasteiger partial charge in [-0.25, -0.2) is 4.98 Å². The zero-order valence-corrected chi connectivity index (χ0v) is 13.1. The van der Waals surface area contributed by atoms with Crippen molar-refractivity contribution in [2.45, 2.75) is 50.7 Å². The fraction of sp³-hybridized carbons (Fsp3) is 0.625. The molecule has 0 atom stereocenters. The molecule has 0 bridgehead atoms. The number of aromatic nitrogens is 4. The Morgan fingerprint density at radius 3 is 2.61 bits per heavy atom. The van der Waals surface area contributed by atoms with E-state index in [1.165, 1.54) is 25.7 Å². The molecule has 23 heavy (non-hydrogen) atoms. The summed E-state index contributed by atoms with van der Waals surface area (Å²) in [5.74, 6) is -0.0331. The standard InChI is InChI=1S/C16H21N5O2/c22-16(14-6-5-13-15(17-14)19-20-18-13)21-9-7-12(8-10-21)23-11-3-1-2-4-11/h5-6,11-12H,1-4,7-10H2,(H,17,18,19,20). The Morgan fingerprint density at radius 2 is 1.83 bits per heavy atom. The zero-order chi connectivity index (χ0) is 15.6. The highest BCUT2D eigenvalue weighted by molar-refractivity contribution is 5.94. The number of aromatic amines is 1. The van der Waals surface area contributed by atoms with E-state index < -0.39 is 0 Å². The Balaban J connectivity index is 1.36. The number of likely N-dealkylation sites (tertiary alicyclic amines) is 1. The number of piperidine rings is 1. The van der Waals surface area contributed by atoms with Crippen molar-refractivity contribution in [2.75, 3.05) is 13.1 Å². The molecular weight excluding hydrogens is 294 g/mol. The second-order valence-corrected chi connectivity index (χ2v) is 6.40. The molecule has 0 spiro atoms. The zero-order valence-electron chi connectivity index (χ0n) is 13.1. The van der Waals surface area contributed by atoms with Crippen molar-refractivity contribution in [2.24, 2.45) is 0 Å². The van der Waals surface area contributed by atoms with Crippen molar-refractivity contribution in [3.63, 3.8) is 0 Å². The summed E-state index contributed by atoms with van der Waals surface area (Å²) < 4.78 is 6.16. The van der Waals surface area contributed by atoms with Crippen LogP contribution in [-0.4, -0.2) is 56.5 Å². The van der Waals surface area contributed by atoms with E-state index in [-0.39, 0.29) is 5.91 Å². The first-order chi connectivity index (χ1) is 11.3. The predicted molar refractivity (Wildman–Crippen MR) is 84.0 cm³/mol. The molecule has 2 aliphatic rings. The molecule has 4 rings (SSSR count). The Hall–Kier alpha value is -2.02. The SMILES string of the molecule is O=C(c1ccc2n[nH]nc2n1)N1CCC(OC2CCCC2)CC1. The first-order valence-electron chi connectivity index (χ1n) is 8.42. The van der Waals surface area contributed by atoms with Crippen LogP contribution in [0, 0.1) is 0 Å². The molecule has 122 valence electrons. The topological polar surface area (TPSA) is 84.0 Å². The monoisotopic (exact) mass is 315 g/mol. The molecule has 7 heteroatoms. The first kappa shape index (κ1) is 14.6. The molecular formula is C16H21N5O2.